The van der Waals surface area contributed by atoms with E-state index in [2.05, 4.69) is 37.7 Å². The van der Waals surface area contributed by atoms with Crippen molar-refractivity contribution in [1.82, 2.24) is 10.9 Å². The minimum atomic E-state index is -0.795. The van der Waals surface area contributed by atoms with Gasteiger partial charge in [-0.2, -0.15) is 0 Å². The van der Waals surface area contributed by atoms with E-state index < -0.39 is 5.54 Å². The average molecular weight is 276 g/mol. The van der Waals surface area contributed by atoms with Gasteiger partial charge in [-0.15, -0.1) is 0 Å². The van der Waals surface area contributed by atoms with Crippen LogP contribution in [-0.2, 0) is 21.5 Å². The number of carbonyl (C=O) groups excluding carboxylic acids is 1. The Kier molecular flexibility index (Phi) is 4.16. The molecule has 0 saturated heterocycles. The van der Waals surface area contributed by atoms with Crippen LogP contribution in [-0.4, -0.2) is 18.6 Å². The standard InChI is InChI=1S/C16H24N2O2/c1-15(2,3)17-18-16(14(19)20-4)11-7-9-12-8-5-6-10-13(12)16/h5-6,8,10,17-18H,7,9,11H2,1-4H3. The van der Waals surface area contributed by atoms with Crippen molar-refractivity contribution in [3.8, 4) is 0 Å². The first-order valence-corrected chi connectivity index (χ1v) is 7.10. The van der Waals surface area contributed by atoms with Crippen LogP contribution in [0.2, 0.25) is 0 Å². The zero-order chi connectivity index (χ0) is 14.8. The fourth-order valence-corrected chi connectivity index (χ4v) is 2.69. The molecule has 0 saturated carbocycles. The third kappa shape index (κ3) is 2.86. The lowest BCUT2D eigenvalue weighted by Gasteiger charge is -2.39. The number of aryl methyl sites for hydroxylation is 1. The quantitative estimate of drug-likeness (QED) is 0.657. The molecule has 110 valence electrons. The third-order valence-electron chi connectivity index (χ3n) is 3.66. The highest BCUT2D eigenvalue weighted by molar-refractivity contribution is 5.83. The molecule has 1 aliphatic rings. The Bertz CT molecular complexity index is 493. The van der Waals surface area contributed by atoms with Gasteiger partial charge in [-0.05, 0) is 51.2 Å². The molecule has 0 amide bonds. The number of carbonyl (C=O) groups is 1. The number of hydrogen-bond donors (Lipinski definition) is 2. The van der Waals surface area contributed by atoms with Gasteiger partial charge in [0.25, 0.3) is 0 Å². The van der Waals surface area contributed by atoms with Crippen molar-refractivity contribution in [2.75, 3.05) is 7.11 Å². The van der Waals surface area contributed by atoms with Gasteiger partial charge in [0.05, 0.1) is 7.11 Å². The molecule has 4 heteroatoms. The second-order valence-electron chi connectivity index (χ2n) is 6.41. The molecule has 2 rings (SSSR count). The Labute approximate surface area is 120 Å². The molecule has 1 aliphatic carbocycles. The molecule has 2 N–H and O–H groups in total. The van der Waals surface area contributed by atoms with Crippen molar-refractivity contribution in [2.24, 2.45) is 0 Å². The smallest absolute Gasteiger partial charge is 0.332 e. The maximum atomic E-state index is 12.4. The maximum Gasteiger partial charge on any atom is 0.332 e. The van der Waals surface area contributed by atoms with E-state index in [1.54, 1.807) is 0 Å². The van der Waals surface area contributed by atoms with E-state index in [1.807, 2.05) is 18.2 Å². The molecule has 0 bridgehead atoms. The van der Waals surface area contributed by atoms with E-state index in [9.17, 15) is 4.79 Å². The zero-order valence-corrected chi connectivity index (χ0v) is 12.7. The third-order valence-corrected chi connectivity index (χ3v) is 3.66. The lowest BCUT2D eigenvalue weighted by molar-refractivity contribution is -0.150. The molecule has 0 aliphatic heterocycles. The van der Waals surface area contributed by atoms with Crippen molar-refractivity contribution < 1.29 is 9.53 Å². The van der Waals surface area contributed by atoms with Gasteiger partial charge in [-0.1, -0.05) is 24.3 Å². The number of esters is 1. The van der Waals surface area contributed by atoms with Crippen molar-refractivity contribution >= 4 is 5.97 Å². The van der Waals surface area contributed by atoms with Gasteiger partial charge in [-0.3, -0.25) is 5.43 Å². The molecule has 4 nitrogen and oxygen atoms in total. The molecule has 1 unspecified atom stereocenters. The van der Waals surface area contributed by atoms with E-state index in [0.29, 0.717) is 0 Å². The average Bonchev–Trinajstić information content (AvgIpc) is 2.43. The largest absolute Gasteiger partial charge is 0.467 e. The molecular weight excluding hydrogens is 252 g/mol. The predicted molar refractivity (Wildman–Crippen MR) is 79.1 cm³/mol. The Balaban J connectivity index is 2.41. The summed E-state index contributed by atoms with van der Waals surface area (Å²) in [5.74, 6) is -0.235. The fourth-order valence-electron chi connectivity index (χ4n) is 2.69. The Morgan fingerprint density at radius 2 is 2.00 bits per heavy atom. The maximum absolute atomic E-state index is 12.4. The van der Waals surface area contributed by atoms with Crippen molar-refractivity contribution in [3.05, 3.63) is 35.4 Å². The Hall–Kier alpha value is -1.39. The van der Waals surface area contributed by atoms with Gasteiger partial charge in [-0.25, -0.2) is 10.2 Å². The highest BCUT2D eigenvalue weighted by atomic mass is 16.5. The topological polar surface area (TPSA) is 50.4 Å². The number of benzene rings is 1. The summed E-state index contributed by atoms with van der Waals surface area (Å²) in [6, 6.07) is 8.09. The van der Waals surface area contributed by atoms with Crippen LogP contribution in [0.1, 0.15) is 44.7 Å². The lowest BCUT2D eigenvalue weighted by Crippen LogP contribution is -2.61. The van der Waals surface area contributed by atoms with Crippen LogP contribution in [0.15, 0.2) is 24.3 Å². The van der Waals surface area contributed by atoms with Crippen LogP contribution < -0.4 is 10.9 Å². The molecule has 0 aromatic heterocycles. The minimum Gasteiger partial charge on any atom is -0.467 e. The summed E-state index contributed by atoms with van der Waals surface area (Å²) < 4.78 is 5.07. The second-order valence-corrected chi connectivity index (χ2v) is 6.41. The number of hydrogen-bond acceptors (Lipinski definition) is 4. The monoisotopic (exact) mass is 276 g/mol. The van der Waals surface area contributed by atoms with Crippen LogP contribution in [0.5, 0.6) is 0 Å². The number of nitrogens with one attached hydrogen (secondary N) is 2. The first-order valence-electron chi connectivity index (χ1n) is 7.10. The van der Waals surface area contributed by atoms with Crippen molar-refractivity contribution in [1.29, 1.82) is 0 Å². The molecule has 0 spiro atoms. The van der Waals surface area contributed by atoms with Gasteiger partial charge in [0.15, 0.2) is 5.54 Å². The molecule has 20 heavy (non-hydrogen) atoms. The van der Waals surface area contributed by atoms with Crippen LogP contribution in [0.4, 0.5) is 0 Å². The van der Waals surface area contributed by atoms with Gasteiger partial charge in [0.2, 0.25) is 0 Å². The molecule has 1 atom stereocenters. The summed E-state index contributed by atoms with van der Waals surface area (Å²) in [7, 11) is 1.44. The van der Waals surface area contributed by atoms with Crippen molar-refractivity contribution in [3.63, 3.8) is 0 Å². The van der Waals surface area contributed by atoms with E-state index in [0.717, 1.165) is 24.8 Å². The lowest BCUT2D eigenvalue weighted by atomic mass is 9.77. The van der Waals surface area contributed by atoms with Gasteiger partial charge >= 0.3 is 5.97 Å². The fraction of sp³-hybridized carbons (Fsp3) is 0.562. The summed E-state index contributed by atoms with van der Waals surface area (Å²) in [5, 5.41) is 0. The van der Waals surface area contributed by atoms with Gasteiger partial charge in [0.1, 0.15) is 0 Å². The number of hydrazine groups is 1. The second kappa shape index (κ2) is 5.54. The predicted octanol–water partition coefficient (Wildman–Crippen LogP) is 2.28. The first-order chi connectivity index (χ1) is 9.39. The summed E-state index contributed by atoms with van der Waals surface area (Å²) >= 11 is 0. The first kappa shape index (κ1) is 15.0. The minimum absolute atomic E-state index is 0.132. The van der Waals surface area contributed by atoms with Crippen molar-refractivity contribution in [2.45, 2.75) is 51.1 Å². The van der Waals surface area contributed by atoms with Gasteiger partial charge in [0, 0.05) is 5.54 Å². The molecular formula is C16H24N2O2. The van der Waals surface area contributed by atoms with E-state index >= 15 is 0 Å². The van der Waals surface area contributed by atoms with Crippen LogP contribution in [0, 0.1) is 0 Å². The number of fused-ring (bicyclic) bond motifs is 1. The number of rotatable bonds is 3. The van der Waals surface area contributed by atoms with Crippen LogP contribution >= 0.6 is 0 Å². The molecule has 0 radical (unpaired) electrons. The summed E-state index contributed by atoms with van der Waals surface area (Å²) in [6.07, 6.45) is 2.71. The highest BCUT2D eigenvalue weighted by Crippen LogP contribution is 2.36. The van der Waals surface area contributed by atoms with Crippen LogP contribution in [0.3, 0.4) is 0 Å². The van der Waals surface area contributed by atoms with E-state index in [1.165, 1.54) is 12.7 Å². The van der Waals surface area contributed by atoms with Gasteiger partial charge < -0.3 is 4.74 Å². The molecule has 0 heterocycles. The summed E-state index contributed by atoms with van der Waals surface area (Å²) in [4.78, 5) is 12.4. The van der Waals surface area contributed by atoms with Crippen LogP contribution in [0.25, 0.3) is 0 Å². The SMILES string of the molecule is COC(=O)C1(NNC(C)(C)C)CCCc2ccccc21. The summed E-state index contributed by atoms with van der Waals surface area (Å²) in [6.45, 7) is 6.17. The molecule has 0 fully saturated rings. The normalized spacial score (nSPS) is 22.2. The zero-order valence-electron chi connectivity index (χ0n) is 12.7. The van der Waals surface area contributed by atoms with E-state index in [-0.39, 0.29) is 11.5 Å². The molecule has 1 aromatic carbocycles. The number of ether oxygens (including phenoxy) is 1. The Morgan fingerprint density at radius 3 is 2.65 bits per heavy atom. The van der Waals surface area contributed by atoms with E-state index in [4.69, 9.17) is 4.74 Å². The Morgan fingerprint density at radius 1 is 1.30 bits per heavy atom. The highest BCUT2D eigenvalue weighted by Gasteiger charge is 2.44. The summed E-state index contributed by atoms with van der Waals surface area (Å²) in [5.41, 5.74) is 7.81. The molecule has 1 aromatic rings. The number of methoxy groups -OCH3 is 1.